The van der Waals surface area contributed by atoms with Gasteiger partial charge in [0.05, 0.1) is 11.0 Å². The van der Waals surface area contributed by atoms with Crippen molar-refractivity contribution < 1.29 is 0 Å². The Morgan fingerprint density at radius 3 is 1.64 bits per heavy atom. The van der Waals surface area contributed by atoms with Gasteiger partial charge >= 0.3 is 0 Å². The number of aromatic nitrogens is 2. The van der Waals surface area contributed by atoms with Crippen LogP contribution in [-0.4, -0.2) is 9.55 Å². The Hall–Kier alpha value is -7.03. The second kappa shape index (κ2) is 11.8. The summed E-state index contributed by atoms with van der Waals surface area (Å²) in [4.78, 5) is 4.47. The summed E-state index contributed by atoms with van der Waals surface area (Å²) < 4.78 is 2.36. The molecule has 0 saturated carbocycles. The quantitative estimate of drug-likeness (QED) is 0.170. The van der Waals surface area contributed by atoms with E-state index in [1.807, 2.05) is 12.4 Å². The Balaban J connectivity index is 1.23. The van der Waals surface area contributed by atoms with E-state index in [2.05, 4.69) is 192 Å². The van der Waals surface area contributed by atoms with Gasteiger partial charge < -0.3 is 4.57 Å². The zero-order chi connectivity index (χ0) is 34.9. The number of pyridine rings is 1. The van der Waals surface area contributed by atoms with Gasteiger partial charge in [0.15, 0.2) is 0 Å². The van der Waals surface area contributed by atoms with Gasteiger partial charge in [0, 0.05) is 28.9 Å². The monoisotopic (exact) mass is 672 g/mol. The van der Waals surface area contributed by atoms with Crippen LogP contribution in [0.4, 0.5) is 0 Å². The first-order valence-electron chi connectivity index (χ1n) is 18.2. The van der Waals surface area contributed by atoms with Crippen LogP contribution in [0.5, 0.6) is 0 Å². The molecule has 0 aliphatic carbocycles. The van der Waals surface area contributed by atoms with E-state index < -0.39 is 0 Å². The van der Waals surface area contributed by atoms with Gasteiger partial charge in [-0.3, -0.25) is 4.98 Å². The molecule has 9 aromatic carbocycles. The summed E-state index contributed by atoms with van der Waals surface area (Å²) >= 11 is 0. The summed E-state index contributed by atoms with van der Waals surface area (Å²) in [6, 6.07) is 67.0. The summed E-state index contributed by atoms with van der Waals surface area (Å²) in [5, 5.41) is 12.3. The first-order chi connectivity index (χ1) is 26.3. The summed E-state index contributed by atoms with van der Waals surface area (Å²) in [5.74, 6) is 0. The molecule has 53 heavy (non-hydrogen) atoms. The van der Waals surface area contributed by atoms with Gasteiger partial charge in [0.1, 0.15) is 0 Å². The summed E-state index contributed by atoms with van der Waals surface area (Å²) in [6.07, 6.45) is 3.86. The van der Waals surface area contributed by atoms with Crippen LogP contribution in [0.2, 0.25) is 0 Å². The van der Waals surface area contributed by atoms with Gasteiger partial charge in [-0.2, -0.15) is 0 Å². The third-order valence-electron chi connectivity index (χ3n) is 11.0. The molecule has 2 nitrogen and oxygen atoms in total. The number of nitrogens with zero attached hydrogens (tertiary/aromatic N) is 2. The van der Waals surface area contributed by atoms with Crippen molar-refractivity contribution in [3.05, 3.63) is 194 Å². The number of rotatable bonds is 4. The molecule has 0 aliphatic heterocycles. The van der Waals surface area contributed by atoms with Crippen molar-refractivity contribution in [3.63, 3.8) is 0 Å². The molecule has 2 heterocycles. The predicted molar refractivity (Wildman–Crippen MR) is 225 cm³/mol. The highest BCUT2D eigenvalue weighted by molar-refractivity contribution is 6.15. The van der Waals surface area contributed by atoms with E-state index in [1.54, 1.807) is 0 Å². The molecule has 0 fully saturated rings. The SMILES string of the molecule is c1ccc2cc(-c3cc4cc5ccccc5cc4c(-c4ccc5ccccc5c4)c3-c3ccc(-n4c5ccccc5c5cnccc54)cc3)ccc2c1. The Morgan fingerprint density at radius 1 is 0.340 bits per heavy atom. The minimum Gasteiger partial charge on any atom is -0.309 e. The standard InChI is InChI=1S/C51H32N2/c1-3-11-36-27-40(19-17-33(36)9-1)45-31-42-29-38-13-5-6-14-39(38)30-46(42)51(41-20-18-34-10-2-4-12-37(34)28-41)50(45)35-21-23-43(24-22-35)53-48-16-8-7-15-44(48)47-32-52-26-25-49(47)53/h1-32H. The van der Waals surface area contributed by atoms with E-state index in [0.29, 0.717) is 0 Å². The molecule has 0 spiro atoms. The van der Waals surface area contributed by atoms with Crippen molar-refractivity contribution in [2.45, 2.75) is 0 Å². The second-order valence-electron chi connectivity index (χ2n) is 14.0. The van der Waals surface area contributed by atoms with Crippen LogP contribution in [0, 0.1) is 0 Å². The van der Waals surface area contributed by atoms with Crippen LogP contribution in [0.15, 0.2) is 194 Å². The molecule has 0 unspecified atom stereocenters. The van der Waals surface area contributed by atoms with Gasteiger partial charge in [-0.1, -0.05) is 127 Å². The number of hydrogen-bond donors (Lipinski definition) is 0. The average molecular weight is 673 g/mol. The number of hydrogen-bond acceptors (Lipinski definition) is 1. The zero-order valence-electron chi connectivity index (χ0n) is 28.9. The van der Waals surface area contributed by atoms with E-state index in [0.717, 1.165) is 16.6 Å². The summed E-state index contributed by atoms with van der Waals surface area (Å²) in [5.41, 5.74) is 10.7. The maximum atomic E-state index is 4.47. The molecule has 0 atom stereocenters. The molecule has 0 bridgehead atoms. The van der Waals surface area contributed by atoms with Crippen molar-refractivity contribution in [2.75, 3.05) is 0 Å². The molecule has 2 aromatic heterocycles. The minimum absolute atomic E-state index is 1.12. The van der Waals surface area contributed by atoms with Crippen molar-refractivity contribution in [3.8, 4) is 39.1 Å². The molecule has 0 radical (unpaired) electrons. The smallest absolute Gasteiger partial charge is 0.0571 e. The van der Waals surface area contributed by atoms with Crippen molar-refractivity contribution in [1.82, 2.24) is 9.55 Å². The molecular weight excluding hydrogens is 641 g/mol. The van der Waals surface area contributed by atoms with Crippen LogP contribution in [0.25, 0.3) is 104 Å². The van der Waals surface area contributed by atoms with Crippen LogP contribution in [0.1, 0.15) is 0 Å². The average Bonchev–Trinajstić information content (AvgIpc) is 3.56. The fourth-order valence-corrected chi connectivity index (χ4v) is 8.49. The number of para-hydroxylation sites is 1. The first kappa shape index (κ1) is 29.7. The van der Waals surface area contributed by atoms with E-state index in [4.69, 9.17) is 0 Å². The lowest BCUT2D eigenvalue weighted by Crippen LogP contribution is -1.96. The third kappa shape index (κ3) is 4.77. The Kier molecular flexibility index (Phi) is 6.59. The molecule has 0 aliphatic rings. The summed E-state index contributed by atoms with van der Waals surface area (Å²) in [6.45, 7) is 0. The molecule has 2 heteroatoms. The lowest BCUT2D eigenvalue weighted by atomic mass is 9.82. The first-order valence-corrected chi connectivity index (χ1v) is 18.2. The van der Waals surface area contributed by atoms with Crippen LogP contribution in [0.3, 0.4) is 0 Å². The van der Waals surface area contributed by atoms with E-state index in [-0.39, 0.29) is 0 Å². The number of benzene rings is 9. The fourth-order valence-electron chi connectivity index (χ4n) is 8.49. The van der Waals surface area contributed by atoms with Gasteiger partial charge in [0.2, 0.25) is 0 Å². The normalized spacial score (nSPS) is 11.8. The third-order valence-corrected chi connectivity index (χ3v) is 11.0. The van der Waals surface area contributed by atoms with Gasteiger partial charge in [-0.25, -0.2) is 0 Å². The molecule has 11 aromatic rings. The Labute approximate surface area is 306 Å². The molecule has 0 amide bonds. The highest BCUT2D eigenvalue weighted by Crippen LogP contribution is 2.47. The zero-order valence-corrected chi connectivity index (χ0v) is 28.9. The second-order valence-corrected chi connectivity index (χ2v) is 14.0. The maximum Gasteiger partial charge on any atom is 0.0571 e. The summed E-state index contributed by atoms with van der Waals surface area (Å²) in [7, 11) is 0. The van der Waals surface area contributed by atoms with Crippen LogP contribution >= 0.6 is 0 Å². The van der Waals surface area contributed by atoms with Gasteiger partial charge in [0.25, 0.3) is 0 Å². The van der Waals surface area contributed by atoms with E-state index in [1.165, 1.54) is 87.4 Å². The highest BCUT2D eigenvalue weighted by atomic mass is 15.0. The molecule has 0 saturated heterocycles. The highest BCUT2D eigenvalue weighted by Gasteiger charge is 2.20. The molecule has 246 valence electrons. The lowest BCUT2D eigenvalue weighted by molar-refractivity contribution is 1.17. The Morgan fingerprint density at radius 2 is 0.906 bits per heavy atom. The topological polar surface area (TPSA) is 17.8 Å². The predicted octanol–water partition coefficient (Wildman–Crippen LogP) is 13.8. The largest absolute Gasteiger partial charge is 0.309 e. The lowest BCUT2D eigenvalue weighted by Gasteiger charge is -2.21. The fraction of sp³-hybridized carbons (Fsp3) is 0. The van der Waals surface area contributed by atoms with Gasteiger partial charge in [-0.15, -0.1) is 0 Å². The maximum absolute atomic E-state index is 4.47. The van der Waals surface area contributed by atoms with Crippen LogP contribution < -0.4 is 0 Å². The molecular formula is C51H32N2. The molecule has 0 N–H and O–H groups in total. The van der Waals surface area contributed by atoms with Crippen molar-refractivity contribution in [2.24, 2.45) is 0 Å². The van der Waals surface area contributed by atoms with Crippen molar-refractivity contribution >= 4 is 64.9 Å². The van der Waals surface area contributed by atoms with E-state index >= 15 is 0 Å². The van der Waals surface area contributed by atoms with Crippen LogP contribution in [-0.2, 0) is 0 Å². The van der Waals surface area contributed by atoms with Gasteiger partial charge in [-0.05, 0) is 131 Å². The van der Waals surface area contributed by atoms with E-state index in [9.17, 15) is 0 Å². The van der Waals surface area contributed by atoms with Crippen molar-refractivity contribution in [1.29, 1.82) is 0 Å². The number of fused-ring (bicyclic) bond motifs is 7. The molecule has 11 rings (SSSR count). The Bertz CT molecular complexity index is 3170. The minimum atomic E-state index is 1.12.